The Morgan fingerprint density at radius 3 is 2.65 bits per heavy atom. The predicted molar refractivity (Wildman–Crippen MR) is 84.2 cm³/mol. The molecule has 0 aliphatic heterocycles. The first-order valence-electron chi connectivity index (χ1n) is 7.86. The number of benzene rings is 1. The Morgan fingerprint density at radius 1 is 1.35 bits per heavy atom. The second kappa shape index (κ2) is 7.09. The Kier molecular flexibility index (Phi) is 5.44. The minimum absolute atomic E-state index is 0.375. The number of hydrogen-bond donors (Lipinski definition) is 1. The molecular weight excluding hydrogens is 248 g/mol. The summed E-state index contributed by atoms with van der Waals surface area (Å²) in [6.45, 7) is 9.33. The Hall–Kier alpha value is -1.06. The summed E-state index contributed by atoms with van der Waals surface area (Å²) in [6.07, 6.45) is 2.70. The summed E-state index contributed by atoms with van der Waals surface area (Å²) in [5.41, 5.74) is 2.65. The van der Waals surface area contributed by atoms with E-state index in [0.717, 1.165) is 31.5 Å². The molecule has 2 rings (SSSR count). The van der Waals surface area contributed by atoms with Crippen LogP contribution in [0.2, 0.25) is 0 Å². The van der Waals surface area contributed by atoms with Crippen LogP contribution in [-0.2, 0) is 6.54 Å². The van der Waals surface area contributed by atoms with Gasteiger partial charge in [-0.2, -0.15) is 0 Å². The van der Waals surface area contributed by atoms with Crippen molar-refractivity contribution in [2.24, 2.45) is 0 Å². The van der Waals surface area contributed by atoms with Crippen molar-refractivity contribution in [2.45, 2.75) is 52.2 Å². The van der Waals surface area contributed by atoms with Gasteiger partial charge in [0.2, 0.25) is 0 Å². The number of hydrogen-bond acceptors (Lipinski definition) is 3. The van der Waals surface area contributed by atoms with Gasteiger partial charge in [0.05, 0.1) is 6.61 Å². The van der Waals surface area contributed by atoms with Crippen LogP contribution < -0.4 is 10.1 Å². The topological polar surface area (TPSA) is 24.5 Å². The lowest BCUT2D eigenvalue weighted by atomic mass is 10.0. The molecule has 1 aliphatic rings. The summed E-state index contributed by atoms with van der Waals surface area (Å²) in [7, 11) is 2.00. The summed E-state index contributed by atoms with van der Waals surface area (Å²) in [5, 5.41) is 3.31. The molecule has 1 atom stereocenters. The van der Waals surface area contributed by atoms with Crippen LogP contribution in [0.3, 0.4) is 0 Å². The number of nitrogens with one attached hydrogen (secondary N) is 1. The van der Waals surface area contributed by atoms with E-state index in [2.05, 4.69) is 42.3 Å². The van der Waals surface area contributed by atoms with E-state index in [4.69, 9.17) is 4.74 Å². The number of ether oxygens (including phenoxy) is 1. The van der Waals surface area contributed by atoms with Crippen molar-refractivity contribution in [2.75, 3.05) is 20.2 Å². The third kappa shape index (κ3) is 3.74. The van der Waals surface area contributed by atoms with E-state index >= 15 is 0 Å². The zero-order valence-electron chi connectivity index (χ0n) is 13.3. The van der Waals surface area contributed by atoms with Crippen molar-refractivity contribution >= 4 is 0 Å². The van der Waals surface area contributed by atoms with Crippen molar-refractivity contribution in [3.63, 3.8) is 0 Å². The molecule has 0 aromatic heterocycles. The first kappa shape index (κ1) is 15.3. The van der Waals surface area contributed by atoms with Crippen LogP contribution >= 0.6 is 0 Å². The van der Waals surface area contributed by atoms with E-state index in [1.165, 1.54) is 24.0 Å². The molecular formula is C17H28N2O. The standard InChI is InChI=1S/C17H28N2O/c1-5-19(16-8-9-16)12-15-11-14(13(3)18-4)7-10-17(15)20-6-2/h7,10-11,13,16,18H,5-6,8-9,12H2,1-4H3. The molecule has 3 nitrogen and oxygen atoms in total. The molecule has 0 amide bonds. The van der Waals surface area contributed by atoms with E-state index in [1.54, 1.807) is 0 Å². The van der Waals surface area contributed by atoms with E-state index in [1.807, 2.05) is 14.0 Å². The van der Waals surface area contributed by atoms with Crippen LogP contribution in [0.5, 0.6) is 5.75 Å². The lowest BCUT2D eigenvalue weighted by molar-refractivity contribution is 0.260. The molecule has 0 heterocycles. The average Bonchev–Trinajstić information content (AvgIpc) is 3.30. The van der Waals surface area contributed by atoms with Crippen LogP contribution in [-0.4, -0.2) is 31.1 Å². The Bertz CT molecular complexity index is 429. The van der Waals surface area contributed by atoms with Crippen LogP contribution in [0.4, 0.5) is 0 Å². The van der Waals surface area contributed by atoms with Crippen molar-refractivity contribution < 1.29 is 4.74 Å². The second-order valence-electron chi connectivity index (χ2n) is 5.60. The fraction of sp³-hybridized carbons (Fsp3) is 0.647. The van der Waals surface area contributed by atoms with Crippen LogP contribution in [0.15, 0.2) is 18.2 Å². The van der Waals surface area contributed by atoms with Gasteiger partial charge in [0.1, 0.15) is 5.75 Å². The minimum atomic E-state index is 0.375. The molecule has 1 aliphatic carbocycles. The summed E-state index contributed by atoms with van der Waals surface area (Å²) in [4.78, 5) is 2.56. The molecule has 0 saturated heterocycles. The van der Waals surface area contributed by atoms with Gasteiger partial charge in [0.25, 0.3) is 0 Å². The third-order valence-corrected chi connectivity index (χ3v) is 4.16. The number of nitrogens with zero attached hydrogens (tertiary/aromatic N) is 1. The summed E-state index contributed by atoms with van der Waals surface area (Å²) in [6, 6.07) is 7.77. The molecule has 1 saturated carbocycles. The van der Waals surface area contributed by atoms with Gasteiger partial charge in [0.15, 0.2) is 0 Å². The van der Waals surface area contributed by atoms with Gasteiger partial charge in [-0.15, -0.1) is 0 Å². The fourth-order valence-corrected chi connectivity index (χ4v) is 2.61. The molecule has 0 spiro atoms. The lowest BCUT2D eigenvalue weighted by Gasteiger charge is -2.23. The first-order valence-corrected chi connectivity index (χ1v) is 7.86. The summed E-state index contributed by atoms with van der Waals surface area (Å²) < 4.78 is 5.80. The molecule has 1 N–H and O–H groups in total. The Labute approximate surface area is 123 Å². The molecule has 1 fully saturated rings. The lowest BCUT2D eigenvalue weighted by Crippen LogP contribution is -2.25. The van der Waals surface area contributed by atoms with Gasteiger partial charge in [-0.25, -0.2) is 0 Å². The van der Waals surface area contributed by atoms with Crippen LogP contribution in [0.25, 0.3) is 0 Å². The highest BCUT2D eigenvalue weighted by Gasteiger charge is 2.28. The van der Waals surface area contributed by atoms with Gasteiger partial charge < -0.3 is 10.1 Å². The van der Waals surface area contributed by atoms with Crippen LogP contribution in [0.1, 0.15) is 50.8 Å². The highest BCUT2D eigenvalue weighted by atomic mass is 16.5. The van der Waals surface area contributed by atoms with Crippen molar-refractivity contribution in [3.05, 3.63) is 29.3 Å². The van der Waals surface area contributed by atoms with Crippen LogP contribution in [0, 0.1) is 0 Å². The van der Waals surface area contributed by atoms with E-state index < -0.39 is 0 Å². The maximum atomic E-state index is 5.80. The summed E-state index contributed by atoms with van der Waals surface area (Å²) >= 11 is 0. The van der Waals surface area contributed by atoms with Gasteiger partial charge in [-0.05, 0) is 58.0 Å². The molecule has 3 heteroatoms. The smallest absolute Gasteiger partial charge is 0.123 e. The molecule has 1 aromatic carbocycles. The molecule has 0 bridgehead atoms. The Morgan fingerprint density at radius 2 is 2.10 bits per heavy atom. The van der Waals surface area contributed by atoms with E-state index in [0.29, 0.717) is 6.04 Å². The molecule has 0 radical (unpaired) electrons. The average molecular weight is 276 g/mol. The summed E-state index contributed by atoms with van der Waals surface area (Å²) in [5.74, 6) is 1.04. The van der Waals surface area contributed by atoms with Crippen molar-refractivity contribution in [1.82, 2.24) is 10.2 Å². The van der Waals surface area contributed by atoms with Gasteiger partial charge in [-0.1, -0.05) is 13.0 Å². The Balaban J connectivity index is 2.20. The highest BCUT2D eigenvalue weighted by molar-refractivity contribution is 5.38. The van der Waals surface area contributed by atoms with E-state index in [9.17, 15) is 0 Å². The highest BCUT2D eigenvalue weighted by Crippen LogP contribution is 2.31. The SMILES string of the molecule is CCOc1ccc(C(C)NC)cc1CN(CC)C1CC1. The molecule has 112 valence electrons. The third-order valence-electron chi connectivity index (χ3n) is 4.16. The van der Waals surface area contributed by atoms with Gasteiger partial charge in [-0.3, -0.25) is 4.90 Å². The van der Waals surface area contributed by atoms with Crippen molar-refractivity contribution in [3.8, 4) is 5.75 Å². The molecule has 1 unspecified atom stereocenters. The minimum Gasteiger partial charge on any atom is -0.494 e. The van der Waals surface area contributed by atoms with Gasteiger partial charge in [0, 0.05) is 24.2 Å². The number of rotatable bonds is 8. The fourth-order valence-electron chi connectivity index (χ4n) is 2.61. The maximum Gasteiger partial charge on any atom is 0.123 e. The predicted octanol–water partition coefficient (Wildman–Crippen LogP) is 3.35. The largest absolute Gasteiger partial charge is 0.494 e. The van der Waals surface area contributed by atoms with Gasteiger partial charge >= 0.3 is 0 Å². The first-order chi connectivity index (χ1) is 9.69. The van der Waals surface area contributed by atoms with E-state index in [-0.39, 0.29) is 0 Å². The quantitative estimate of drug-likeness (QED) is 0.788. The zero-order valence-corrected chi connectivity index (χ0v) is 13.3. The normalized spacial score (nSPS) is 16.4. The second-order valence-corrected chi connectivity index (χ2v) is 5.60. The zero-order chi connectivity index (χ0) is 14.5. The molecule has 20 heavy (non-hydrogen) atoms. The van der Waals surface area contributed by atoms with Crippen molar-refractivity contribution in [1.29, 1.82) is 0 Å². The maximum absolute atomic E-state index is 5.80. The molecule has 1 aromatic rings. The monoisotopic (exact) mass is 276 g/mol.